The molecule has 0 aromatic carbocycles. The van der Waals surface area contributed by atoms with E-state index < -0.39 is 6.04 Å². The lowest BCUT2D eigenvalue weighted by molar-refractivity contribution is -0.140. The Morgan fingerprint density at radius 1 is 1.72 bits per heavy atom. The van der Waals surface area contributed by atoms with Gasteiger partial charge in [-0.2, -0.15) is 5.10 Å². The summed E-state index contributed by atoms with van der Waals surface area (Å²) in [6, 6.07) is -0.448. The number of hydrogen-bond donors (Lipinski definition) is 1. The quantitative estimate of drug-likeness (QED) is 0.806. The lowest BCUT2D eigenvalue weighted by atomic mass is 10.2. The van der Waals surface area contributed by atoms with Gasteiger partial charge in [0.25, 0.3) is 0 Å². The minimum absolute atomic E-state index is 0.0132. The molecule has 2 atom stereocenters. The summed E-state index contributed by atoms with van der Waals surface area (Å²) in [4.78, 5) is 13.6. The second-order valence-electron chi connectivity index (χ2n) is 4.81. The van der Waals surface area contributed by atoms with Crippen molar-refractivity contribution in [3.05, 3.63) is 18.0 Å². The lowest BCUT2D eigenvalue weighted by Gasteiger charge is -2.33. The summed E-state index contributed by atoms with van der Waals surface area (Å²) < 4.78 is 7.50. The van der Waals surface area contributed by atoms with Gasteiger partial charge in [0, 0.05) is 19.3 Å². The molecule has 100 valence electrons. The van der Waals surface area contributed by atoms with E-state index >= 15 is 0 Å². The van der Waals surface area contributed by atoms with Crippen molar-refractivity contribution in [2.24, 2.45) is 5.73 Å². The summed E-state index contributed by atoms with van der Waals surface area (Å²) >= 11 is 0. The van der Waals surface area contributed by atoms with Crippen molar-refractivity contribution in [2.45, 2.75) is 32.5 Å². The first-order chi connectivity index (χ1) is 8.56. The fraction of sp³-hybridized carbons (Fsp3) is 0.667. The van der Waals surface area contributed by atoms with Crippen LogP contribution in [-0.2, 0) is 16.1 Å². The molecule has 2 heterocycles. The smallest absolute Gasteiger partial charge is 0.239 e. The fourth-order valence-electron chi connectivity index (χ4n) is 2.09. The minimum atomic E-state index is -0.448. The SMILES string of the molecule is Cc1cnn(CC2CN(C(=O)[C@@H](C)N)CCO2)c1. The van der Waals surface area contributed by atoms with Gasteiger partial charge in [0.2, 0.25) is 5.91 Å². The van der Waals surface area contributed by atoms with Gasteiger partial charge in [0.05, 0.1) is 31.5 Å². The van der Waals surface area contributed by atoms with Gasteiger partial charge in [0.15, 0.2) is 0 Å². The Hall–Kier alpha value is -1.40. The molecular formula is C12H20N4O2. The number of nitrogens with two attached hydrogens (primary N) is 1. The van der Waals surface area contributed by atoms with Gasteiger partial charge in [-0.3, -0.25) is 9.48 Å². The Morgan fingerprint density at radius 2 is 2.50 bits per heavy atom. The molecule has 2 rings (SSSR count). The molecule has 1 fully saturated rings. The molecule has 6 nitrogen and oxygen atoms in total. The maximum atomic E-state index is 11.8. The molecule has 0 bridgehead atoms. The zero-order chi connectivity index (χ0) is 13.1. The standard InChI is InChI=1S/C12H20N4O2/c1-9-5-14-16(6-9)8-11-7-15(3-4-18-11)12(17)10(2)13/h5-6,10-11H,3-4,7-8,13H2,1-2H3/t10-,11?/m1/s1. The van der Waals surface area contributed by atoms with Crippen molar-refractivity contribution in [2.75, 3.05) is 19.7 Å². The van der Waals surface area contributed by atoms with Crippen LogP contribution in [-0.4, -0.2) is 52.4 Å². The molecule has 6 heteroatoms. The summed E-state index contributed by atoms with van der Waals surface area (Å²) in [5.41, 5.74) is 6.74. The highest BCUT2D eigenvalue weighted by Gasteiger charge is 2.26. The maximum Gasteiger partial charge on any atom is 0.239 e. The van der Waals surface area contributed by atoms with E-state index in [0.29, 0.717) is 26.2 Å². The molecule has 0 spiro atoms. The highest BCUT2D eigenvalue weighted by molar-refractivity contribution is 5.81. The average Bonchev–Trinajstić information content (AvgIpc) is 2.74. The van der Waals surface area contributed by atoms with E-state index in [4.69, 9.17) is 10.5 Å². The first-order valence-corrected chi connectivity index (χ1v) is 6.21. The van der Waals surface area contributed by atoms with Crippen LogP contribution in [0.25, 0.3) is 0 Å². The Labute approximate surface area is 107 Å². The van der Waals surface area contributed by atoms with Gasteiger partial charge < -0.3 is 15.4 Å². The summed E-state index contributed by atoms with van der Waals surface area (Å²) in [7, 11) is 0. The van der Waals surface area contributed by atoms with E-state index in [1.807, 2.05) is 24.0 Å². The summed E-state index contributed by atoms with van der Waals surface area (Å²) in [5, 5.41) is 4.22. The van der Waals surface area contributed by atoms with Crippen LogP contribution in [0, 0.1) is 6.92 Å². The molecule has 2 N–H and O–H groups in total. The normalized spacial score (nSPS) is 21.9. The molecule has 1 saturated heterocycles. The molecule has 1 unspecified atom stereocenters. The molecular weight excluding hydrogens is 232 g/mol. The zero-order valence-corrected chi connectivity index (χ0v) is 10.9. The highest BCUT2D eigenvalue weighted by Crippen LogP contribution is 2.09. The van der Waals surface area contributed by atoms with E-state index in [2.05, 4.69) is 5.10 Å². The second kappa shape index (κ2) is 5.49. The third-order valence-corrected chi connectivity index (χ3v) is 2.99. The predicted octanol–water partition coefficient (Wildman–Crippen LogP) is -0.234. The van der Waals surface area contributed by atoms with Crippen LogP contribution in [0.2, 0.25) is 0 Å². The van der Waals surface area contributed by atoms with Crippen LogP contribution >= 0.6 is 0 Å². The molecule has 1 aliphatic rings. The Balaban J connectivity index is 1.92. The van der Waals surface area contributed by atoms with E-state index in [1.165, 1.54) is 0 Å². The first-order valence-electron chi connectivity index (χ1n) is 6.21. The van der Waals surface area contributed by atoms with Crippen molar-refractivity contribution < 1.29 is 9.53 Å². The number of nitrogens with zero attached hydrogens (tertiary/aromatic N) is 3. The van der Waals surface area contributed by atoms with Crippen LogP contribution in [0.3, 0.4) is 0 Å². The van der Waals surface area contributed by atoms with Gasteiger partial charge >= 0.3 is 0 Å². The zero-order valence-electron chi connectivity index (χ0n) is 10.9. The Kier molecular flexibility index (Phi) is 3.98. The number of carbonyl (C=O) groups is 1. The van der Waals surface area contributed by atoms with Gasteiger partial charge in [-0.05, 0) is 19.4 Å². The van der Waals surface area contributed by atoms with Gasteiger partial charge in [-0.1, -0.05) is 0 Å². The topological polar surface area (TPSA) is 73.4 Å². The van der Waals surface area contributed by atoms with Crippen molar-refractivity contribution in [1.29, 1.82) is 0 Å². The van der Waals surface area contributed by atoms with Crippen molar-refractivity contribution in [3.63, 3.8) is 0 Å². The third kappa shape index (κ3) is 3.08. The fourth-order valence-corrected chi connectivity index (χ4v) is 2.09. The van der Waals surface area contributed by atoms with Crippen molar-refractivity contribution in [1.82, 2.24) is 14.7 Å². The number of amides is 1. The van der Waals surface area contributed by atoms with Crippen LogP contribution in [0.4, 0.5) is 0 Å². The highest BCUT2D eigenvalue weighted by atomic mass is 16.5. The number of morpholine rings is 1. The molecule has 18 heavy (non-hydrogen) atoms. The predicted molar refractivity (Wildman–Crippen MR) is 66.9 cm³/mol. The summed E-state index contributed by atoms with van der Waals surface area (Å²) in [6.45, 7) is 6.13. The number of aromatic nitrogens is 2. The average molecular weight is 252 g/mol. The molecule has 1 aromatic heterocycles. The molecule has 0 saturated carbocycles. The van der Waals surface area contributed by atoms with Crippen molar-refractivity contribution in [3.8, 4) is 0 Å². The summed E-state index contributed by atoms with van der Waals surface area (Å²) in [5.74, 6) is -0.0139. The second-order valence-corrected chi connectivity index (χ2v) is 4.81. The van der Waals surface area contributed by atoms with E-state index in [-0.39, 0.29) is 12.0 Å². The molecule has 1 amide bonds. The van der Waals surface area contributed by atoms with Crippen LogP contribution in [0.5, 0.6) is 0 Å². The summed E-state index contributed by atoms with van der Waals surface area (Å²) in [6.07, 6.45) is 3.77. The molecule has 1 aromatic rings. The monoisotopic (exact) mass is 252 g/mol. The van der Waals surface area contributed by atoms with Gasteiger partial charge in [-0.25, -0.2) is 0 Å². The van der Waals surface area contributed by atoms with Crippen LogP contribution < -0.4 is 5.73 Å². The van der Waals surface area contributed by atoms with E-state index in [9.17, 15) is 4.79 Å². The van der Waals surface area contributed by atoms with E-state index in [0.717, 1.165) is 5.56 Å². The van der Waals surface area contributed by atoms with E-state index in [1.54, 1.807) is 11.8 Å². The number of carbonyl (C=O) groups excluding carboxylic acids is 1. The molecule has 0 aliphatic carbocycles. The van der Waals surface area contributed by atoms with Crippen LogP contribution in [0.1, 0.15) is 12.5 Å². The Morgan fingerprint density at radius 3 is 3.11 bits per heavy atom. The maximum absolute atomic E-state index is 11.8. The number of hydrogen-bond acceptors (Lipinski definition) is 4. The lowest BCUT2D eigenvalue weighted by Crippen LogP contribution is -2.51. The van der Waals surface area contributed by atoms with Gasteiger partial charge in [-0.15, -0.1) is 0 Å². The number of ether oxygens (including phenoxy) is 1. The van der Waals surface area contributed by atoms with Crippen LogP contribution in [0.15, 0.2) is 12.4 Å². The molecule has 0 radical (unpaired) electrons. The number of rotatable bonds is 3. The minimum Gasteiger partial charge on any atom is -0.373 e. The number of aryl methyl sites for hydroxylation is 1. The first kappa shape index (κ1) is 13.0. The van der Waals surface area contributed by atoms with Crippen molar-refractivity contribution >= 4 is 5.91 Å². The van der Waals surface area contributed by atoms with Gasteiger partial charge in [0.1, 0.15) is 0 Å². The molecule has 1 aliphatic heterocycles. The largest absolute Gasteiger partial charge is 0.373 e. The third-order valence-electron chi connectivity index (χ3n) is 2.99. The Bertz CT molecular complexity index is 416.